The highest BCUT2D eigenvalue weighted by molar-refractivity contribution is 7.94. The van der Waals surface area contributed by atoms with E-state index in [4.69, 9.17) is 0 Å². The fourth-order valence-electron chi connectivity index (χ4n) is 1.09. The Hall–Kier alpha value is -1.62. The first-order valence-corrected chi connectivity index (χ1v) is 6.38. The highest BCUT2D eigenvalue weighted by Crippen LogP contribution is 2.11. The third-order valence-electron chi connectivity index (χ3n) is 1.88. The molecule has 0 saturated heterocycles. The number of ether oxygens (including phenoxy) is 1. The van der Waals surface area contributed by atoms with E-state index in [-0.39, 0.29) is 11.5 Å². The molecule has 16 heavy (non-hydrogen) atoms. The van der Waals surface area contributed by atoms with E-state index in [0.29, 0.717) is 0 Å². The number of sulfone groups is 1. The van der Waals surface area contributed by atoms with Crippen molar-refractivity contribution in [2.24, 2.45) is 0 Å². The lowest BCUT2D eigenvalue weighted by Crippen LogP contribution is -2.07. The zero-order chi connectivity index (χ0) is 12.0. The Kier molecular flexibility index (Phi) is 4.25. The smallest absolute Gasteiger partial charge is 0.417 e. The number of carbonyl (C=O) groups excluding carboxylic acids is 1. The van der Waals surface area contributed by atoms with Crippen LogP contribution in [0.15, 0.2) is 35.2 Å². The van der Waals surface area contributed by atoms with Crippen molar-refractivity contribution in [1.82, 2.24) is 0 Å². The SMILES string of the molecule is CS(=O)(=O)C(=Cc1ccccc1)CO[C]=O. The largest absolute Gasteiger partial charge is 0.452 e. The quantitative estimate of drug-likeness (QED) is 0.773. The van der Waals surface area contributed by atoms with E-state index in [2.05, 4.69) is 4.74 Å². The molecule has 0 unspecified atom stereocenters. The average molecular weight is 239 g/mol. The molecule has 0 amide bonds. The zero-order valence-electron chi connectivity index (χ0n) is 8.71. The molecule has 0 heterocycles. The number of hydrogen-bond donors (Lipinski definition) is 0. The maximum absolute atomic E-state index is 11.4. The number of benzene rings is 1. The van der Waals surface area contributed by atoms with E-state index in [0.717, 1.165) is 11.8 Å². The molecule has 1 rings (SSSR count). The molecule has 1 aromatic rings. The molecule has 5 heteroatoms. The van der Waals surface area contributed by atoms with Gasteiger partial charge in [-0.15, -0.1) is 0 Å². The molecule has 0 fully saturated rings. The van der Waals surface area contributed by atoms with Crippen LogP contribution in [0.1, 0.15) is 5.56 Å². The summed E-state index contributed by atoms with van der Waals surface area (Å²) in [5.41, 5.74) is 0.734. The summed E-state index contributed by atoms with van der Waals surface area (Å²) in [5, 5.41) is 0. The van der Waals surface area contributed by atoms with Gasteiger partial charge in [0.2, 0.25) is 0 Å². The van der Waals surface area contributed by atoms with Gasteiger partial charge in [0.25, 0.3) is 0 Å². The van der Waals surface area contributed by atoms with Gasteiger partial charge in [-0.05, 0) is 11.6 Å². The van der Waals surface area contributed by atoms with Crippen molar-refractivity contribution in [3.8, 4) is 0 Å². The Morgan fingerprint density at radius 3 is 2.50 bits per heavy atom. The fraction of sp³-hybridized carbons (Fsp3) is 0.182. The van der Waals surface area contributed by atoms with Crippen LogP contribution in [0.2, 0.25) is 0 Å². The summed E-state index contributed by atoms with van der Waals surface area (Å²) in [6.07, 6.45) is 2.53. The van der Waals surface area contributed by atoms with E-state index in [9.17, 15) is 13.2 Å². The third kappa shape index (κ3) is 3.86. The molecule has 1 aromatic carbocycles. The van der Waals surface area contributed by atoms with Gasteiger partial charge in [-0.1, -0.05) is 30.3 Å². The second-order valence-electron chi connectivity index (χ2n) is 3.17. The predicted molar refractivity (Wildman–Crippen MR) is 60.9 cm³/mol. The van der Waals surface area contributed by atoms with Crippen LogP contribution >= 0.6 is 0 Å². The number of rotatable bonds is 5. The Balaban J connectivity index is 3.02. The standard InChI is InChI=1S/C11H11O4S/c1-16(13,14)11(8-15-9-12)7-10-5-3-2-4-6-10/h2-7H,8H2,1H3. The molecule has 0 aliphatic carbocycles. The first-order chi connectivity index (χ1) is 7.54. The molecule has 0 aliphatic rings. The molecule has 0 aromatic heterocycles. The van der Waals surface area contributed by atoms with Gasteiger partial charge in [0.1, 0.15) is 6.61 Å². The van der Waals surface area contributed by atoms with E-state index >= 15 is 0 Å². The molecular weight excluding hydrogens is 228 g/mol. The summed E-state index contributed by atoms with van der Waals surface area (Å²) >= 11 is 0. The van der Waals surface area contributed by atoms with E-state index in [1.165, 1.54) is 12.5 Å². The minimum atomic E-state index is -3.38. The molecule has 1 radical (unpaired) electrons. The monoisotopic (exact) mass is 239 g/mol. The van der Waals surface area contributed by atoms with E-state index in [1.807, 2.05) is 6.07 Å². The lowest BCUT2D eigenvalue weighted by molar-refractivity contribution is 0.311. The van der Waals surface area contributed by atoms with Crippen molar-refractivity contribution in [3.63, 3.8) is 0 Å². The van der Waals surface area contributed by atoms with Gasteiger partial charge in [0, 0.05) is 6.26 Å². The summed E-state index contributed by atoms with van der Waals surface area (Å²) in [4.78, 5) is 9.96. The van der Waals surface area contributed by atoms with Crippen molar-refractivity contribution in [1.29, 1.82) is 0 Å². The zero-order valence-corrected chi connectivity index (χ0v) is 9.53. The second kappa shape index (κ2) is 5.46. The Labute approximate surface area is 94.5 Å². The summed E-state index contributed by atoms with van der Waals surface area (Å²) < 4.78 is 27.1. The molecule has 0 atom stereocenters. The summed E-state index contributed by atoms with van der Waals surface area (Å²) in [6, 6.07) is 8.93. The van der Waals surface area contributed by atoms with Gasteiger partial charge < -0.3 is 4.74 Å². The molecule has 0 N–H and O–H groups in total. The van der Waals surface area contributed by atoms with Crippen molar-refractivity contribution >= 4 is 22.4 Å². The van der Waals surface area contributed by atoms with Crippen LogP contribution in [0.3, 0.4) is 0 Å². The topological polar surface area (TPSA) is 60.4 Å². The number of hydrogen-bond acceptors (Lipinski definition) is 4. The van der Waals surface area contributed by atoms with Gasteiger partial charge in [-0.25, -0.2) is 13.2 Å². The minimum absolute atomic E-state index is 0.0436. The lowest BCUT2D eigenvalue weighted by Gasteiger charge is -2.03. The minimum Gasteiger partial charge on any atom is -0.452 e. The summed E-state index contributed by atoms with van der Waals surface area (Å²) in [5.74, 6) is 0. The Morgan fingerprint density at radius 2 is 2.00 bits per heavy atom. The molecular formula is C11H11O4S. The average Bonchev–Trinajstić information content (AvgIpc) is 2.24. The van der Waals surface area contributed by atoms with E-state index < -0.39 is 9.84 Å². The normalized spacial score (nSPS) is 12.2. The summed E-state index contributed by atoms with van der Waals surface area (Å²) in [7, 11) is -3.38. The van der Waals surface area contributed by atoms with Crippen LogP contribution in [0.25, 0.3) is 6.08 Å². The highest BCUT2D eigenvalue weighted by atomic mass is 32.2. The third-order valence-corrected chi connectivity index (χ3v) is 3.07. The second-order valence-corrected chi connectivity index (χ2v) is 5.23. The first-order valence-electron chi connectivity index (χ1n) is 4.48. The van der Waals surface area contributed by atoms with Crippen LogP contribution < -0.4 is 0 Å². The maximum atomic E-state index is 11.4. The molecule has 4 nitrogen and oxygen atoms in total. The van der Waals surface area contributed by atoms with Gasteiger partial charge in [0.05, 0.1) is 4.91 Å². The van der Waals surface area contributed by atoms with Crippen LogP contribution in [0, 0.1) is 0 Å². The molecule has 0 aliphatic heterocycles. The van der Waals surface area contributed by atoms with Crippen molar-refractivity contribution in [2.45, 2.75) is 0 Å². The molecule has 0 saturated carbocycles. The highest BCUT2D eigenvalue weighted by Gasteiger charge is 2.11. The van der Waals surface area contributed by atoms with E-state index in [1.54, 1.807) is 24.3 Å². The fourth-order valence-corrected chi connectivity index (χ4v) is 1.71. The Morgan fingerprint density at radius 1 is 1.38 bits per heavy atom. The first kappa shape index (κ1) is 12.4. The molecule has 0 spiro atoms. The van der Waals surface area contributed by atoms with Crippen LogP contribution in [-0.2, 0) is 19.4 Å². The van der Waals surface area contributed by atoms with Crippen molar-refractivity contribution in [2.75, 3.05) is 12.9 Å². The maximum Gasteiger partial charge on any atom is 0.417 e. The predicted octanol–water partition coefficient (Wildman–Crippen LogP) is 1.16. The van der Waals surface area contributed by atoms with Gasteiger partial charge >= 0.3 is 6.47 Å². The van der Waals surface area contributed by atoms with Gasteiger partial charge in [-0.2, -0.15) is 0 Å². The van der Waals surface area contributed by atoms with Crippen molar-refractivity contribution < 1.29 is 17.9 Å². The van der Waals surface area contributed by atoms with Crippen molar-refractivity contribution in [3.05, 3.63) is 40.8 Å². The van der Waals surface area contributed by atoms with Crippen LogP contribution in [0.4, 0.5) is 0 Å². The Bertz CT molecular complexity index is 474. The van der Waals surface area contributed by atoms with Crippen LogP contribution in [0.5, 0.6) is 0 Å². The molecule has 85 valence electrons. The molecule has 0 bridgehead atoms. The van der Waals surface area contributed by atoms with Gasteiger partial charge in [-0.3, -0.25) is 0 Å². The lowest BCUT2D eigenvalue weighted by atomic mass is 10.2. The summed E-state index contributed by atoms with van der Waals surface area (Å²) in [6.45, 7) is 0.906. The van der Waals surface area contributed by atoms with Crippen LogP contribution in [-0.4, -0.2) is 27.8 Å². The van der Waals surface area contributed by atoms with Gasteiger partial charge in [0.15, 0.2) is 9.84 Å².